The number of aryl methyl sites for hydroxylation is 2. The van der Waals surface area contributed by atoms with Crippen LogP contribution in [0.15, 0.2) is 59.4 Å². The van der Waals surface area contributed by atoms with E-state index in [0.29, 0.717) is 29.5 Å². The van der Waals surface area contributed by atoms with Crippen molar-refractivity contribution >= 4 is 5.91 Å². The topological polar surface area (TPSA) is 89.9 Å². The molecule has 162 valence electrons. The molecule has 1 atom stereocenters. The van der Waals surface area contributed by atoms with E-state index in [-0.39, 0.29) is 11.9 Å². The summed E-state index contributed by atoms with van der Waals surface area (Å²) in [4.78, 5) is 21.6. The van der Waals surface area contributed by atoms with E-state index >= 15 is 0 Å². The maximum Gasteiger partial charge on any atom is 0.258 e. The Labute approximate surface area is 185 Å². The lowest BCUT2D eigenvalue weighted by molar-refractivity contribution is 0.0728. The Morgan fingerprint density at radius 1 is 1.16 bits per heavy atom. The van der Waals surface area contributed by atoms with Gasteiger partial charge >= 0.3 is 0 Å². The second-order valence-electron chi connectivity index (χ2n) is 7.96. The van der Waals surface area contributed by atoms with Crippen LogP contribution in [0.2, 0.25) is 0 Å². The van der Waals surface area contributed by atoms with E-state index < -0.39 is 0 Å². The van der Waals surface area contributed by atoms with Crippen molar-refractivity contribution in [3.63, 3.8) is 0 Å². The van der Waals surface area contributed by atoms with E-state index in [2.05, 4.69) is 33.3 Å². The highest BCUT2D eigenvalue weighted by molar-refractivity contribution is 5.98. The van der Waals surface area contributed by atoms with Crippen LogP contribution < -0.4 is 0 Å². The van der Waals surface area contributed by atoms with Gasteiger partial charge < -0.3 is 9.42 Å². The summed E-state index contributed by atoms with van der Waals surface area (Å²) in [5.41, 5.74) is 4.34. The summed E-state index contributed by atoms with van der Waals surface area (Å²) in [7, 11) is 0. The Hall–Kier alpha value is -3.81. The van der Waals surface area contributed by atoms with E-state index in [1.54, 1.807) is 12.4 Å². The highest BCUT2D eigenvalue weighted by Crippen LogP contribution is 2.34. The van der Waals surface area contributed by atoms with Gasteiger partial charge in [0.25, 0.3) is 11.8 Å². The summed E-state index contributed by atoms with van der Waals surface area (Å²) in [6.07, 6.45) is 5.75. The zero-order valence-electron chi connectivity index (χ0n) is 18.1. The van der Waals surface area contributed by atoms with Crippen LogP contribution in [0.5, 0.6) is 0 Å². The smallest absolute Gasteiger partial charge is 0.258 e. The van der Waals surface area contributed by atoms with Gasteiger partial charge in [-0.15, -0.1) is 0 Å². The summed E-state index contributed by atoms with van der Waals surface area (Å²) in [5, 5.41) is 12.7. The Bertz CT molecular complexity index is 1250. The molecule has 0 radical (unpaired) electrons. The molecule has 1 aliphatic rings. The first-order valence-electron chi connectivity index (χ1n) is 10.9. The van der Waals surface area contributed by atoms with Crippen LogP contribution in [-0.2, 0) is 6.42 Å². The van der Waals surface area contributed by atoms with Crippen molar-refractivity contribution in [2.45, 2.75) is 39.2 Å². The molecule has 1 aliphatic heterocycles. The van der Waals surface area contributed by atoms with E-state index in [1.807, 2.05) is 48.2 Å². The number of benzene rings is 2. The van der Waals surface area contributed by atoms with Gasteiger partial charge in [-0.2, -0.15) is 20.0 Å². The summed E-state index contributed by atoms with van der Waals surface area (Å²) in [6, 6.07) is 13.5. The second kappa shape index (κ2) is 8.37. The number of carbonyl (C=O) groups is 1. The van der Waals surface area contributed by atoms with E-state index in [9.17, 15) is 4.79 Å². The van der Waals surface area contributed by atoms with Crippen molar-refractivity contribution in [1.82, 2.24) is 30.0 Å². The molecule has 0 saturated carbocycles. The van der Waals surface area contributed by atoms with Gasteiger partial charge in [-0.3, -0.25) is 4.79 Å². The average molecular weight is 428 g/mol. The number of carbonyl (C=O) groups excluding carboxylic acids is 1. The number of aromatic nitrogens is 5. The van der Waals surface area contributed by atoms with Crippen molar-refractivity contribution in [2.24, 2.45) is 0 Å². The van der Waals surface area contributed by atoms with E-state index in [4.69, 9.17) is 4.52 Å². The maximum absolute atomic E-state index is 13.6. The average Bonchev–Trinajstić information content (AvgIpc) is 3.59. The number of rotatable bonds is 5. The molecule has 5 rings (SSSR count). The third-order valence-electron chi connectivity index (χ3n) is 5.90. The minimum atomic E-state index is -0.228. The van der Waals surface area contributed by atoms with Crippen LogP contribution in [0.1, 0.15) is 53.1 Å². The molecule has 1 saturated heterocycles. The van der Waals surface area contributed by atoms with Crippen molar-refractivity contribution in [1.29, 1.82) is 0 Å². The summed E-state index contributed by atoms with van der Waals surface area (Å²) >= 11 is 0. The fraction of sp³-hybridized carbons (Fsp3) is 0.292. The first-order valence-corrected chi connectivity index (χ1v) is 10.9. The molecular weight excluding hydrogens is 404 g/mol. The summed E-state index contributed by atoms with van der Waals surface area (Å²) < 4.78 is 5.61. The predicted octanol–water partition coefficient (Wildman–Crippen LogP) is 4.17. The molecule has 8 heteroatoms. The molecule has 2 aromatic heterocycles. The highest BCUT2D eigenvalue weighted by Gasteiger charge is 2.35. The minimum Gasteiger partial charge on any atom is -0.334 e. The van der Waals surface area contributed by atoms with Crippen LogP contribution in [0.4, 0.5) is 0 Å². The van der Waals surface area contributed by atoms with E-state index in [1.165, 1.54) is 4.80 Å². The van der Waals surface area contributed by atoms with Crippen LogP contribution >= 0.6 is 0 Å². The van der Waals surface area contributed by atoms with Crippen LogP contribution in [0, 0.1) is 6.92 Å². The van der Waals surface area contributed by atoms with Gasteiger partial charge in [0.15, 0.2) is 5.82 Å². The van der Waals surface area contributed by atoms with E-state index in [0.717, 1.165) is 36.0 Å². The third kappa shape index (κ3) is 3.57. The molecular formula is C24H24N6O2. The standard InChI is InChI=1S/C24H24N6O2/c1-3-17-7-4-5-8-18(17)23-27-22(28-32-23)20-9-6-14-29(20)24(31)19-11-10-16(2)15-21(19)30-25-12-13-26-30/h4-5,7-8,10-13,15,20H,3,6,9,14H2,1-2H3. The number of amides is 1. The van der Waals surface area contributed by atoms with Crippen molar-refractivity contribution in [3.8, 4) is 17.1 Å². The maximum atomic E-state index is 13.6. The van der Waals surface area contributed by atoms with Crippen molar-refractivity contribution in [3.05, 3.63) is 77.4 Å². The molecule has 0 bridgehead atoms. The predicted molar refractivity (Wildman–Crippen MR) is 118 cm³/mol. The zero-order valence-corrected chi connectivity index (χ0v) is 18.1. The molecule has 1 unspecified atom stereocenters. The van der Waals surface area contributed by atoms with Gasteiger partial charge in [0, 0.05) is 12.1 Å². The largest absolute Gasteiger partial charge is 0.334 e. The number of nitrogens with zero attached hydrogens (tertiary/aromatic N) is 6. The molecule has 32 heavy (non-hydrogen) atoms. The second-order valence-corrected chi connectivity index (χ2v) is 7.96. The molecule has 1 amide bonds. The Morgan fingerprint density at radius 3 is 2.78 bits per heavy atom. The first-order chi connectivity index (χ1) is 15.7. The molecule has 1 fully saturated rings. The fourth-order valence-corrected chi connectivity index (χ4v) is 4.28. The fourth-order valence-electron chi connectivity index (χ4n) is 4.28. The van der Waals surface area contributed by atoms with Gasteiger partial charge in [-0.25, -0.2) is 0 Å². The zero-order chi connectivity index (χ0) is 22.1. The SMILES string of the molecule is CCc1ccccc1-c1nc(C2CCCN2C(=O)c2ccc(C)cc2-n2nccn2)no1. The normalized spacial score (nSPS) is 15.9. The lowest BCUT2D eigenvalue weighted by atomic mass is 10.1. The van der Waals surface area contributed by atoms with Gasteiger partial charge in [-0.1, -0.05) is 36.3 Å². The highest BCUT2D eigenvalue weighted by atomic mass is 16.5. The van der Waals surface area contributed by atoms with Crippen LogP contribution in [0.25, 0.3) is 17.1 Å². The van der Waals surface area contributed by atoms with Gasteiger partial charge in [-0.05, 0) is 55.5 Å². The summed E-state index contributed by atoms with van der Waals surface area (Å²) in [6.45, 7) is 4.72. The molecule has 3 heterocycles. The lowest BCUT2D eigenvalue weighted by Crippen LogP contribution is -2.32. The van der Waals surface area contributed by atoms with Gasteiger partial charge in [0.2, 0.25) is 0 Å². The summed E-state index contributed by atoms with van der Waals surface area (Å²) in [5.74, 6) is 0.955. The lowest BCUT2D eigenvalue weighted by Gasteiger charge is -2.23. The molecule has 2 aromatic carbocycles. The Morgan fingerprint density at radius 2 is 1.97 bits per heavy atom. The molecule has 0 N–H and O–H groups in total. The number of likely N-dealkylation sites (tertiary alicyclic amines) is 1. The quantitative estimate of drug-likeness (QED) is 0.474. The van der Waals surface area contributed by atoms with Crippen molar-refractivity contribution in [2.75, 3.05) is 6.54 Å². The molecule has 0 aliphatic carbocycles. The molecule has 0 spiro atoms. The van der Waals surface area contributed by atoms with Crippen LogP contribution in [0.3, 0.4) is 0 Å². The molecule has 4 aromatic rings. The first kappa shape index (κ1) is 20.1. The van der Waals surface area contributed by atoms with Crippen molar-refractivity contribution < 1.29 is 9.32 Å². The molecule has 8 nitrogen and oxygen atoms in total. The Kier molecular flexibility index (Phi) is 5.26. The Balaban J connectivity index is 1.47. The van der Waals surface area contributed by atoms with Crippen LogP contribution in [-0.4, -0.2) is 42.5 Å². The number of hydrogen-bond acceptors (Lipinski definition) is 6. The van der Waals surface area contributed by atoms with Gasteiger partial charge in [0.05, 0.1) is 29.7 Å². The monoisotopic (exact) mass is 428 g/mol. The van der Waals surface area contributed by atoms with Gasteiger partial charge in [0.1, 0.15) is 0 Å². The number of hydrogen-bond donors (Lipinski definition) is 0. The minimum absolute atomic E-state index is 0.0832. The third-order valence-corrected chi connectivity index (χ3v) is 5.90.